The number of anilines is 3. The van der Waals surface area contributed by atoms with Crippen LogP contribution >= 0.6 is 0 Å². The highest BCUT2D eigenvalue weighted by atomic mass is 15.1. The van der Waals surface area contributed by atoms with E-state index in [2.05, 4.69) is 205 Å². The summed E-state index contributed by atoms with van der Waals surface area (Å²) in [5.74, 6) is 0. The molecule has 0 aliphatic heterocycles. The standard InChI is InChI=1S/C51H33N/c1-3-17-39-35(13-1)15-11-25-49(39)52(50-26-12-16-36-14-2-4-18-40(36)50)38-30-27-34(28-31-38)37-29-32-44-43-21-7-10-24-47(43)51(48(44)33-37)45-22-8-5-19-41(45)42-20-6-9-23-46(42)51/h1-33H. The van der Waals surface area contributed by atoms with Crippen LogP contribution in [0.5, 0.6) is 0 Å². The molecule has 9 aromatic carbocycles. The maximum Gasteiger partial charge on any atom is 0.0725 e. The largest absolute Gasteiger partial charge is 0.309 e. The van der Waals surface area contributed by atoms with Crippen molar-refractivity contribution in [2.75, 3.05) is 4.90 Å². The maximum atomic E-state index is 2.47. The second-order valence-electron chi connectivity index (χ2n) is 14.0. The van der Waals surface area contributed by atoms with Gasteiger partial charge in [0, 0.05) is 16.5 Å². The zero-order valence-corrected chi connectivity index (χ0v) is 28.5. The number of nitrogens with zero attached hydrogens (tertiary/aromatic N) is 1. The van der Waals surface area contributed by atoms with Crippen LogP contribution in [0.1, 0.15) is 22.3 Å². The molecule has 242 valence electrons. The zero-order valence-electron chi connectivity index (χ0n) is 28.5. The summed E-state index contributed by atoms with van der Waals surface area (Å²) in [5.41, 5.74) is 16.3. The first-order valence-corrected chi connectivity index (χ1v) is 18.1. The molecule has 0 aromatic heterocycles. The van der Waals surface area contributed by atoms with Crippen molar-refractivity contribution >= 4 is 38.6 Å². The number of benzene rings is 9. The van der Waals surface area contributed by atoms with E-state index in [4.69, 9.17) is 0 Å². The van der Waals surface area contributed by atoms with Crippen LogP contribution in [0.2, 0.25) is 0 Å². The molecule has 9 aromatic rings. The van der Waals surface area contributed by atoms with Crippen molar-refractivity contribution in [2.24, 2.45) is 0 Å². The van der Waals surface area contributed by atoms with Crippen LogP contribution in [0.25, 0.3) is 54.9 Å². The van der Waals surface area contributed by atoms with E-state index in [-0.39, 0.29) is 5.41 Å². The molecule has 0 unspecified atom stereocenters. The fourth-order valence-electron chi connectivity index (χ4n) is 9.29. The van der Waals surface area contributed by atoms with E-state index in [9.17, 15) is 0 Å². The van der Waals surface area contributed by atoms with Crippen LogP contribution in [0.3, 0.4) is 0 Å². The summed E-state index contributed by atoms with van der Waals surface area (Å²) in [6.45, 7) is 0. The lowest BCUT2D eigenvalue weighted by atomic mass is 9.70. The van der Waals surface area contributed by atoms with Gasteiger partial charge in [-0.1, -0.05) is 170 Å². The van der Waals surface area contributed by atoms with Crippen molar-refractivity contribution in [2.45, 2.75) is 5.41 Å². The predicted molar refractivity (Wildman–Crippen MR) is 218 cm³/mol. The zero-order chi connectivity index (χ0) is 34.2. The molecule has 1 nitrogen and oxygen atoms in total. The molecule has 0 bridgehead atoms. The van der Waals surface area contributed by atoms with Gasteiger partial charge >= 0.3 is 0 Å². The lowest BCUT2D eigenvalue weighted by molar-refractivity contribution is 0.794. The number of hydrogen-bond donors (Lipinski definition) is 0. The fourth-order valence-corrected chi connectivity index (χ4v) is 9.29. The van der Waals surface area contributed by atoms with Crippen molar-refractivity contribution < 1.29 is 0 Å². The van der Waals surface area contributed by atoms with Gasteiger partial charge in [0.15, 0.2) is 0 Å². The minimum atomic E-state index is -0.353. The van der Waals surface area contributed by atoms with E-state index in [1.165, 1.54) is 77.2 Å². The molecule has 2 aliphatic carbocycles. The first-order chi connectivity index (χ1) is 25.8. The molecule has 2 aliphatic rings. The van der Waals surface area contributed by atoms with Crippen LogP contribution < -0.4 is 4.90 Å². The Morgan fingerprint density at radius 3 is 1.27 bits per heavy atom. The maximum absolute atomic E-state index is 2.47. The average Bonchev–Trinajstić information content (AvgIpc) is 3.68. The highest BCUT2D eigenvalue weighted by Gasteiger charge is 2.51. The molecule has 0 amide bonds. The lowest BCUT2D eigenvalue weighted by Gasteiger charge is -2.30. The van der Waals surface area contributed by atoms with Crippen molar-refractivity contribution in [3.05, 3.63) is 222 Å². The predicted octanol–water partition coefficient (Wildman–Crippen LogP) is 13.5. The van der Waals surface area contributed by atoms with Crippen LogP contribution in [0.15, 0.2) is 200 Å². The second kappa shape index (κ2) is 11.2. The molecule has 0 N–H and O–H groups in total. The van der Waals surface area contributed by atoms with Gasteiger partial charge in [0.1, 0.15) is 0 Å². The van der Waals surface area contributed by atoms with E-state index < -0.39 is 0 Å². The van der Waals surface area contributed by atoms with Crippen molar-refractivity contribution in [3.63, 3.8) is 0 Å². The van der Waals surface area contributed by atoms with Crippen LogP contribution in [-0.2, 0) is 5.41 Å². The molecule has 0 saturated heterocycles. The molecule has 0 heterocycles. The Bertz CT molecular complexity index is 2710. The summed E-state index contributed by atoms with van der Waals surface area (Å²) in [6.07, 6.45) is 0. The minimum absolute atomic E-state index is 0.353. The molecular weight excluding hydrogens is 627 g/mol. The number of fused-ring (bicyclic) bond motifs is 12. The molecule has 11 rings (SSSR count). The van der Waals surface area contributed by atoms with E-state index in [0.29, 0.717) is 0 Å². The van der Waals surface area contributed by atoms with Gasteiger partial charge < -0.3 is 4.90 Å². The molecule has 0 fully saturated rings. The summed E-state index contributed by atoms with van der Waals surface area (Å²) in [4.78, 5) is 2.43. The Labute approximate surface area is 303 Å². The van der Waals surface area contributed by atoms with Gasteiger partial charge in [0.25, 0.3) is 0 Å². The van der Waals surface area contributed by atoms with Crippen molar-refractivity contribution in [3.8, 4) is 33.4 Å². The lowest BCUT2D eigenvalue weighted by Crippen LogP contribution is -2.25. The third-order valence-electron chi connectivity index (χ3n) is 11.5. The summed E-state index contributed by atoms with van der Waals surface area (Å²) in [6, 6.07) is 73.9. The molecular formula is C51H33N. The van der Waals surface area contributed by atoms with Crippen molar-refractivity contribution in [1.29, 1.82) is 0 Å². The van der Waals surface area contributed by atoms with E-state index in [1.54, 1.807) is 0 Å². The van der Waals surface area contributed by atoms with Crippen LogP contribution in [0, 0.1) is 0 Å². The van der Waals surface area contributed by atoms with Crippen molar-refractivity contribution in [1.82, 2.24) is 0 Å². The third kappa shape index (κ3) is 3.99. The molecule has 0 radical (unpaired) electrons. The highest BCUT2D eigenvalue weighted by molar-refractivity contribution is 6.05. The SMILES string of the molecule is c1ccc2c(c1)-c1ccccc1C21c2ccccc2-c2ccc(-c3ccc(N(c4cccc5ccccc45)c4cccc5ccccc45)cc3)cc21. The smallest absolute Gasteiger partial charge is 0.0725 e. The highest BCUT2D eigenvalue weighted by Crippen LogP contribution is 2.63. The van der Waals surface area contributed by atoms with Gasteiger partial charge in [-0.05, 0) is 96.7 Å². The molecule has 0 atom stereocenters. The van der Waals surface area contributed by atoms with Gasteiger partial charge in [-0.15, -0.1) is 0 Å². The van der Waals surface area contributed by atoms with E-state index >= 15 is 0 Å². The van der Waals surface area contributed by atoms with Gasteiger partial charge in [0.2, 0.25) is 0 Å². The molecule has 1 spiro atoms. The third-order valence-corrected chi connectivity index (χ3v) is 11.5. The molecule has 52 heavy (non-hydrogen) atoms. The summed E-state index contributed by atoms with van der Waals surface area (Å²) >= 11 is 0. The quantitative estimate of drug-likeness (QED) is 0.182. The number of rotatable bonds is 4. The molecule has 0 saturated carbocycles. The van der Waals surface area contributed by atoms with E-state index in [1.807, 2.05) is 0 Å². The van der Waals surface area contributed by atoms with Crippen LogP contribution in [0.4, 0.5) is 17.1 Å². The monoisotopic (exact) mass is 659 g/mol. The minimum Gasteiger partial charge on any atom is -0.309 e. The Morgan fingerprint density at radius 1 is 0.308 bits per heavy atom. The summed E-state index contributed by atoms with van der Waals surface area (Å²) in [5, 5.41) is 4.90. The first kappa shape index (κ1) is 29.1. The van der Waals surface area contributed by atoms with Gasteiger partial charge in [-0.2, -0.15) is 0 Å². The molecule has 1 heteroatoms. The van der Waals surface area contributed by atoms with Gasteiger partial charge in [-0.25, -0.2) is 0 Å². The van der Waals surface area contributed by atoms with E-state index in [0.717, 1.165) is 17.1 Å². The topological polar surface area (TPSA) is 3.24 Å². The summed E-state index contributed by atoms with van der Waals surface area (Å²) < 4.78 is 0. The number of hydrogen-bond acceptors (Lipinski definition) is 1. The average molecular weight is 660 g/mol. The Morgan fingerprint density at radius 2 is 0.731 bits per heavy atom. The Hall–Kier alpha value is -6.70. The Balaban J connectivity index is 1.09. The van der Waals surface area contributed by atoms with Gasteiger partial charge in [-0.3, -0.25) is 0 Å². The first-order valence-electron chi connectivity index (χ1n) is 18.1. The van der Waals surface area contributed by atoms with Gasteiger partial charge in [0.05, 0.1) is 16.8 Å². The normalized spacial score (nSPS) is 13.2. The van der Waals surface area contributed by atoms with Crippen LogP contribution in [-0.4, -0.2) is 0 Å². The fraction of sp³-hybridized carbons (Fsp3) is 0.0196. The summed E-state index contributed by atoms with van der Waals surface area (Å²) in [7, 11) is 0. The Kier molecular flexibility index (Phi) is 6.23. The second-order valence-corrected chi connectivity index (χ2v) is 14.0.